The van der Waals surface area contributed by atoms with Crippen LogP contribution in [-0.4, -0.2) is 26.3 Å². The fourth-order valence-corrected chi connectivity index (χ4v) is 1.44. The van der Waals surface area contributed by atoms with Crippen molar-refractivity contribution in [2.45, 2.75) is 6.42 Å². The van der Waals surface area contributed by atoms with Crippen molar-refractivity contribution in [1.29, 1.82) is 0 Å². The Morgan fingerprint density at radius 1 is 1.29 bits per heavy atom. The first-order valence-corrected chi connectivity index (χ1v) is 5.71. The van der Waals surface area contributed by atoms with Crippen LogP contribution in [0.1, 0.15) is 22.3 Å². The molecule has 90 valence electrons. The van der Waals surface area contributed by atoms with E-state index in [2.05, 4.69) is 24.5 Å². The molecular weight excluding hydrogens is 236 g/mol. The van der Waals surface area contributed by atoms with Gasteiger partial charge in [0.1, 0.15) is 23.3 Å². The Kier molecular flexibility index (Phi) is 5.44. The molecular formula is C13H14O3S. The second-order valence-corrected chi connectivity index (χ2v) is 3.64. The van der Waals surface area contributed by atoms with Crippen LogP contribution in [0.25, 0.3) is 0 Å². The maximum Gasteiger partial charge on any atom is 0.150 e. The van der Waals surface area contributed by atoms with Crippen LogP contribution >= 0.6 is 12.6 Å². The van der Waals surface area contributed by atoms with E-state index in [1.165, 1.54) is 14.2 Å². The van der Waals surface area contributed by atoms with E-state index in [-0.39, 0.29) is 0 Å². The number of aldehydes is 1. The van der Waals surface area contributed by atoms with E-state index in [1.54, 1.807) is 12.1 Å². The minimum absolute atomic E-state index is 0.499. The van der Waals surface area contributed by atoms with Crippen molar-refractivity contribution < 1.29 is 14.3 Å². The van der Waals surface area contributed by atoms with Crippen molar-refractivity contribution in [1.82, 2.24) is 0 Å². The molecule has 0 bridgehead atoms. The van der Waals surface area contributed by atoms with Gasteiger partial charge in [0.2, 0.25) is 0 Å². The predicted octanol–water partition coefficient (Wildman–Crippen LogP) is 2.19. The normalized spacial score (nSPS) is 9.12. The Morgan fingerprint density at radius 3 is 2.29 bits per heavy atom. The number of methoxy groups -OCH3 is 2. The summed E-state index contributed by atoms with van der Waals surface area (Å²) in [5.74, 6) is 7.71. The molecule has 0 fully saturated rings. The standard InChI is InChI=1S/C13H14O3S/c1-15-12-7-10(9-14)8-13(16-2)11(12)5-3-4-6-17/h7-9,17H,4,6H2,1-2H3. The first-order chi connectivity index (χ1) is 8.26. The van der Waals surface area contributed by atoms with Crippen LogP contribution in [0.15, 0.2) is 12.1 Å². The number of hydrogen-bond donors (Lipinski definition) is 1. The second kappa shape index (κ2) is 6.87. The molecule has 4 heteroatoms. The first-order valence-electron chi connectivity index (χ1n) is 5.07. The Bertz CT molecular complexity index is 432. The third-order valence-electron chi connectivity index (χ3n) is 2.11. The molecule has 0 aliphatic carbocycles. The number of benzene rings is 1. The molecule has 0 amide bonds. The number of hydrogen-bond acceptors (Lipinski definition) is 4. The largest absolute Gasteiger partial charge is 0.495 e. The highest BCUT2D eigenvalue weighted by molar-refractivity contribution is 7.80. The molecule has 0 radical (unpaired) electrons. The van der Waals surface area contributed by atoms with E-state index < -0.39 is 0 Å². The van der Waals surface area contributed by atoms with Crippen molar-refractivity contribution in [2.75, 3.05) is 20.0 Å². The zero-order valence-corrected chi connectivity index (χ0v) is 10.7. The topological polar surface area (TPSA) is 35.5 Å². The predicted molar refractivity (Wildman–Crippen MR) is 70.3 cm³/mol. The summed E-state index contributed by atoms with van der Waals surface area (Å²) in [7, 11) is 3.07. The van der Waals surface area contributed by atoms with Crippen molar-refractivity contribution in [3.63, 3.8) is 0 Å². The van der Waals surface area contributed by atoms with Gasteiger partial charge in [0.25, 0.3) is 0 Å². The van der Waals surface area contributed by atoms with Crippen LogP contribution in [0.2, 0.25) is 0 Å². The summed E-state index contributed by atoms with van der Waals surface area (Å²) in [5.41, 5.74) is 1.15. The van der Waals surface area contributed by atoms with E-state index in [4.69, 9.17) is 9.47 Å². The van der Waals surface area contributed by atoms with E-state index in [0.29, 0.717) is 34.8 Å². The number of carbonyl (C=O) groups is 1. The molecule has 0 heterocycles. The molecule has 0 saturated carbocycles. The average molecular weight is 250 g/mol. The highest BCUT2D eigenvalue weighted by atomic mass is 32.1. The number of carbonyl (C=O) groups excluding carboxylic acids is 1. The van der Waals surface area contributed by atoms with Gasteiger partial charge in [0, 0.05) is 17.7 Å². The van der Waals surface area contributed by atoms with Gasteiger partial charge in [-0.25, -0.2) is 0 Å². The smallest absolute Gasteiger partial charge is 0.150 e. The lowest BCUT2D eigenvalue weighted by molar-refractivity contribution is 0.112. The minimum atomic E-state index is 0.499. The zero-order chi connectivity index (χ0) is 12.7. The second-order valence-electron chi connectivity index (χ2n) is 3.19. The van der Waals surface area contributed by atoms with Gasteiger partial charge in [-0.2, -0.15) is 12.6 Å². The van der Waals surface area contributed by atoms with E-state index in [1.807, 2.05) is 0 Å². The lowest BCUT2D eigenvalue weighted by atomic mass is 10.1. The molecule has 1 rings (SSSR count). The summed E-state index contributed by atoms with van der Waals surface area (Å²) in [6.45, 7) is 0. The maximum absolute atomic E-state index is 10.8. The van der Waals surface area contributed by atoms with Crippen LogP contribution in [0.5, 0.6) is 11.5 Å². The van der Waals surface area contributed by atoms with Crippen molar-refractivity contribution >= 4 is 18.9 Å². The average Bonchev–Trinajstić information content (AvgIpc) is 2.38. The van der Waals surface area contributed by atoms with Crippen molar-refractivity contribution in [3.05, 3.63) is 23.3 Å². The van der Waals surface area contributed by atoms with Gasteiger partial charge in [-0.3, -0.25) is 4.79 Å². The van der Waals surface area contributed by atoms with Crippen LogP contribution in [-0.2, 0) is 0 Å². The van der Waals surface area contributed by atoms with Gasteiger partial charge in [-0.15, -0.1) is 0 Å². The highest BCUT2D eigenvalue weighted by Gasteiger charge is 2.10. The molecule has 1 aromatic rings. The third-order valence-corrected chi connectivity index (χ3v) is 2.34. The Labute approximate surface area is 107 Å². The van der Waals surface area contributed by atoms with E-state index in [0.717, 1.165) is 6.29 Å². The summed E-state index contributed by atoms with van der Waals surface area (Å²) in [6, 6.07) is 3.28. The van der Waals surface area contributed by atoms with Crippen LogP contribution in [0.3, 0.4) is 0 Å². The van der Waals surface area contributed by atoms with Crippen LogP contribution in [0, 0.1) is 11.8 Å². The molecule has 0 aliphatic rings. The number of ether oxygens (including phenoxy) is 2. The molecule has 0 spiro atoms. The van der Waals surface area contributed by atoms with Gasteiger partial charge >= 0.3 is 0 Å². The SMILES string of the molecule is COc1cc(C=O)cc(OC)c1C#CCCS. The lowest BCUT2D eigenvalue weighted by Crippen LogP contribution is -1.95. The Morgan fingerprint density at radius 2 is 1.88 bits per heavy atom. The molecule has 1 aromatic carbocycles. The summed E-state index contributed by atoms with van der Waals surface area (Å²) < 4.78 is 10.4. The van der Waals surface area contributed by atoms with E-state index >= 15 is 0 Å². The Balaban J connectivity index is 3.25. The summed E-state index contributed by atoms with van der Waals surface area (Å²) in [4.78, 5) is 10.8. The summed E-state index contributed by atoms with van der Waals surface area (Å²) in [5, 5.41) is 0. The zero-order valence-electron chi connectivity index (χ0n) is 9.82. The molecule has 0 N–H and O–H groups in total. The molecule has 0 aromatic heterocycles. The third kappa shape index (κ3) is 3.43. The van der Waals surface area contributed by atoms with Gasteiger partial charge in [0.15, 0.2) is 0 Å². The van der Waals surface area contributed by atoms with Gasteiger partial charge in [-0.05, 0) is 12.1 Å². The van der Waals surface area contributed by atoms with Crippen LogP contribution in [0.4, 0.5) is 0 Å². The molecule has 0 atom stereocenters. The maximum atomic E-state index is 10.8. The monoisotopic (exact) mass is 250 g/mol. The lowest BCUT2D eigenvalue weighted by Gasteiger charge is -2.09. The molecule has 3 nitrogen and oxygen atoms in total. The molecule has 17 heavy (non-hydrogen) atoms. The fraction of sp³-hybridized carbons (Fsp3) is 0.308. The van der Waals surface area contributed by atoms with Crippen LogP contribution < -0.4 is 9.47 Å². The Hall–Kier alpha value is -1.60. The van der Waals surface area contributed by atoms with Crippen molar-refractivity contribution in [3.8, 4) is 23.3 Å². The van der Waals surface area contributed by atoms with E-state index in [9.17, 15) is 4.79 Å². The first kappa shape index (κ1) is 13.5. The fourth-order valence-electron chi connectivity index (χ4n) is 1.33. The van der Waals surface area contributed by atoms with Crippen molar-refractivity contribution in [2.24, 2.45) is 0 Å². The number of rotatable bonds is 4. The molecule has 0 unspecified atom stereocenters. The van der Waals surface area contributed by atoms with Gasteiger partial charge in [-0.1, -0.05) is 11.8 Å². The summed E-state index contributed by atoms with van der Waals surface area (Å²) in [6.07, 6.45) is 1.43. The quantitative estimate of drug-likeness (QED) is 0.505. The number of thiol groups is 1. The minimum Gasteiger partial charge on any atom is -0.495 e. The summed E-state index contributed by atoms with van der Waals surface area (Å²) >= 11 is 4.08. The molecule has 0 aliphatic heterocycles. The van der Waals surface area contributed by atoms with Gasteiger partial charge in [0.05, 0.1) is 14.2 Å². The molecule has 0 saturated heterocycles. The highest BCUT2D eigenvalue weighted by Crippen LogP contribution is 2.29. The van der Waals surface area contributed by atoms with Gasteiger partial charge < -0.3 is 9.47 Å².